The van der Waals surface area contributed by atoms with Crippen molar-refractivity contribution in [1.82, 2.24) is 9.80 Å². The van der Waals surface area contributed by atoms with Gasteiger partial charge in [0.1, 0.15) is 0 Å². The summed E-state index contributed by atoms with van der Waals surface area (Å²) in [4.78, 5) is 15.7. The molecule has 1 aromatic rings. The Kier molecular flexibility index (Phi) is 4.44. The van der Waals surface area contributed by atoms with Gasteiger partial charge in [-0.05, 0) is 11.6 Å². The molecule has 5 heteroatoms. The molecular weight excluding hydrogens is 252 g/mol. The number of halogens is 1. The quantitative estimate of drug-likeness (QED) is 0.824. The van der Waals surface area contributed by atoms with Gasteiger partial charge in [0.15, 0.2) is 0 Å². The van der Waals surface area contributed by atoms with Gasteiger partial charge in [-0.25, -0.2) is 4.79 Å². The Bertz CT molecular complexity index is 419. The maximum atomic E-state index is 12.2. The first-order chi connectivity index (χ1) is 8.68. The molecule has 1 aliphatic heterocycles. The van der Waals surface area contributed by atoms with Crippen LogP contribution >= 0.6 is 11.6 Å². The number of urea groups is 1. The molecule has 0 spiro atoms. The van der Waals surface area contributed by atoms with E-state index >= 15 is 0 Å². The van der Waals surface area contributed by atoms with Gasteiger partial charge >= 0.3 is 6.03 Å². The Morgan fingerprint density at radius 2 is 2.06 bits per heavy atom. The largest absolute Gasteiger partial charge is 0.378 e. The third kappa shape index (κ3) is 3.15. The van der Waals surface area contributed by atoms with Crippen LogP contribution in [0, 0.1) is 0 Å². The second kappa shape index (κ2) is 6.07. The van der Waals surface area contributed by atoms with Crippen molar-refractivity contribution >= 4 is 17.6 Å². The lowest BCUT2D eigenvalue weighted by Crippen LogP contribution is -2.46. The number of ether oxygens (including phenoxy) is 1. The molecule has 0 unspecified atom stereocenters. The van der Waals surface area contributed by atoms with Crippen LogP contribution in [0.4, 0.5) is 4.79 Å². The molecule has 0 atom stereocenters. The van der Waals surface area contributed by atoms with Crippen molar-refractivity contribution in [3.63, 3.8) is 0 Å². The predicted octanol–water partition coefficient (Wildman–Crippen LogP) is 2.22. The number of carbonyl (C=O) groups is 1. The van der Waals surface area contributed by atoms with Crippen LogP contribution in [-0.2, 0) is 11.3 Å². The van der Waals surface area contributed by atoms with E-state index in [9.17, 15) is 4.79 Å². The number of rotatable bonds is 2. The van der Waals surface area contributed by atoms with E-state index in [-0.39, 0.29) is 6.03 Å². The van der Waals surface area contributed by atoms with Gasteiger partial charge in [-0.3, -0.25) is 0 Å². The zero-order chi connectivity index (χ0) is 13.0. The maximum Gasteiger partial charge on any atom is 0.320 e. The second-order valence-electron chi connectivity index (χ2n) is 4.33. The van der Waals surface area contributed by atoms with Gasteiger partial charge in [-0.15, -0.1) is 0 Å². The molecule has 1 aliphatic rings. The lowest BCUT2D eigenvalue weighted by Gasteiger charge is -2.31. The zero-order valence-corrected chi connectivity index (χ0v) is 11.2. The summed E-state index contributed by atoms with van der Waals surface area (Å²) in [6, 6.07) is 7.61. The Balaban J connectivity index is 1.96. The third-order valence-electron chi connectivity index (χ3n) is 2.97. The standard InChI is InChI=1S/C13H17ClN2O2/c1-15(10-11-4-2-3-5-12(11)14)13(17)16-6-8-18-9-7-16/h2-5H,6-10H2,1H3. The summed E-state index contributed by atoms with van der Waals surface area (Å²) in [7, 11) is 1.79. The second-order valence-corrected chi connectivity index (χ2v) is 4.74. The topological polar surface area (TPSA) is 32.8 Å². The lowest BCUT2D eigenvalue weighted by atomic mass is 10.2. The van der Waals surface area contributed by atoms with Gasteiger partial charge in [0, 0.05) is 31.7 Å². The number of hydrogen-bond acceptors (Lipinski definition) is 2. The zero-order valence-electron chi connectivity index (χ0n) is 10.4. The van der Waals surface area contributed by atoms with Crippen molar-refractivity contribution in [2.75, 3.05) is 33.4 Å². The minimum absolute atomic E-state index is 0.0261. The molecule has 98 valence electrons. The fraction of sp³-hybridized carbons (Fsp3) is 0.462. The molecule has 1 fully saturated rings. The van der Waals surface area contributed by atoms with E-state index in [4.69, 9.17) is 16.3 Å². The van der Waals surface area contributed by atoms with E-state index in [1.54, 1.807) is 16.8 Å². The molecule has 1 aromatic carbocycles. The van der Waals surface area contributed by atoms with Crippen molar-refractivity contribution in [2.45, 2.75) is 6.54 Å². The van der Waals surface area contributed by atoms with E-state index in [2.05, 4.69) is 0 Å². The van der Waals surface area contributed by atoms with E-state index in [0.29, 0.717) is 37.9 Å². The van der Waals surface area contributed by atoms with Crippen molar-refractivity contribution < 1.29 is 9.53 Å². The highest BCUT2D eigenvalue weighted by Crippen LogP contribution is 2.17. The van der Waals surface area contributed by atoms with Crippen LogP contribution in [0.25, 0.3) is 0 Å². The van der Waals surface area contributed by atoms with Crippen molar-refractivity contribution in [3.05, 3.63) is 34.9 Å². The normalized spacial score (nSPS) is 15.6. The van der Waals surface area contributed by atoms with Gasteiger partial charge in [0.25, 0.3) is 0 Å². The van der Waals surface area contributed by atoms with Gasteiger partial charge in [-0.2, -0.15) is 0 Å². The summed E-state index contributed by atoms with van der Waals surface area (Å²) in [6.45, 7) is 3.07. The smallest absolute Gasteiger partial charge is 0.320 e. The highest BCUT2D eigenvalue weighted by atomic mass is 35.5. The van der Waals surface area contributed by atoms with Crippen molar-refractivity contribution in [2.24, 2.45) is 0 Å². The number of hydrogen-bond donors (Lipinski definition) is 0. The number of carbonyl (C=O) groups excluding carboxylic acids is 1. The summed E-state index contributed by atoms with van der Waals surface area (Å²) >= 11 is 6.09. The molecule has 18 heavy (non-hydrogen) atoms. The number of benzene rings is 1. The molecule has 0 N–H and O–H groups in total. The molecule has 0 aliphatic carbocycles. The maximum absolute atomic E-state index is 12.2. The molecule has 4 nitrogen and oxygen atoms in total. The summed E-state index contributed by atoms with van der Waals surface area (Å²) < 4.78 is 5.23. The first kappa shape index (κ1) is 13.2. The number of nitrogens with zero attached hydrogens (tertiary/aromatic N) is 2. The molecule has 2 rings (SSSR count). The highest BCUT2D eigenvalue weighted by molar-refractivity contribution is 6.31. The SMILES string of the molecule is CN(Cc1ccccc1Cl)C(=O)N1CCOCC1. The fourth-order valence-corrected chi connectivity index (χ4v) is 2.14. The molecule has 0 saturated carbocycles. The minimum atomic E-state index is 0.0261. The average molecular weight is 269 g/mol. The van der Waals surface area contributed by atoms with E-state index < -0.39 is 0 Å². The van der Waals surface area contributed by atoms with Crippen LogP contribution < -0.4 is 0 Å². The van der Waals surface area contributed by atoms with Gasteiger partial charge in [0.05, 0.1) is 13.2 Å². The monoisotopic (exact) mass is 268 g/mol. The minimum Gasteiger partial charge on any atom is -0.378 e. The predicted molar refractivity (Wildman–Crippen MR) is 70.7 cm³/mol. The van der Waals surface area contributed by atoms with Crippen LogP contribution in [0.2, 0.25) is 5.02 Å². The Labute approximate surface area is 112 Å². The summed E-state index contributed by atoms with van der Waals surface area (Å²) in [5, 5.41) is 0.694. The fourth-order valence-electron chi connectivity index (χ4n) is 1.95. The van der Waals surface area contributed by atoms with Crippen LogP contribution in [0.1, 0.15) is 5.56 Å². The molecule has 1 heterocycles. The first-order valence-electron chi connectivity index (χ1n) is 5.99. The number of amides is 2. The van der Waals surface area contributed by atoms with Crippen molar-refractivity contribution in [1.29, 1.82) is 0 Å². The van der Waals surface area contributed by atoms with E-state index in [1.807, 2.05) is 24.3 Å². The first-order valence-corrected chi connectivity index (χ1v) is 6.37. The lowest BCUT2D eigenvalue weighted by molar-refractivity contribution is 0.0448. The van der Waals surface area contributed by atoms with E-state index in [1.165, 1.54) is 0 Å². The van der Waals surface area contributed by atoms with Crippen molar-refractivity contribution in [3.8, 4) is 0 Å². The molecule has 2 amide bonds. The van der Waals surface area contributed by atoms with Gasteiger partial charge in [0.2, 0.25) is 0 Å². The Morgan fingerprint density at radius 1 is 1.39 bits per heavy atom. The molecule has 0 aromatic heterocycles. The van der Waals surface area contributed by atoms with Gasteiger partial charge in [-0.1, -0.05) is 29.8 Å². The van der Waals surface area contributed by atoms with Crippen LogP contribution in [0.3, 0.4) is 0 Å². The van der Waals surface area contributed by atoms with E-state index in [0.717, 1.165) is 5.56 Å². The van der Waals surface area contributed by atoms with Crippen LogP contribution in [0.5, 0.6) is 0 Å². The summed E-state index contributed by atoms with van der Waals surface area (Å²) in [6.07, 6.45) is 0. The highest BCUT2D eigenvalue weighted by Gasteiger charge is 2.20. The Hall–Kier alpha value is -1.26. The molecule has 1 saturated heterocycles. The van der Waals surface area contributed by atoms with Crippen LogP contribution in [-0.4, -0.2) is 49.2 Å². The Morgan fingerprint density at radius 3 is 2.72 bits per heavy atom. The summed E-state index contributed by atoms with van der Waals surface area (Å²) in [5.74, 6) is 0. The van der Waals surface area contributed by atoms with Gasteiger partial charge < -0.3 is 14.5 Å². The third-order valence-corrected chi connectivity index (χ3v) is 3.34. The average Bonchev–Trinajstić information content (AvgIpc) is 2.41. The molecule has 0 radical (unpaired) electrons. The molecule has 0 bridgehead atoms. The molecular formula is C13H17ClN2O2. The van der Waals surface area contributed by atoms with Crippen LogP contribution in [0.15, 0.2) is 24.3 Å². The summed E-state index contributed by atoms with van der Waals surface area (Å²) in [5.41, 5.74) is 0.961. The number of morpholine rings is 1.